The summed E-state index contributed by atoms with van der Waals surface area (Å²) in [6.45, 7) is -0.213. The van der Waals surface area contributed by atoms with Gasteiger partial charge in [0.1, 0.15) is 0 Å². The molecular formula is C5H14NO4P. The van der Waals surface area contributed by atoms with Crippen molar-refractivity contribution in [1.82, 2.24) is 0 Å². The zero-order valence-corrected chi connectivity index (χ0v) is 7.17. The van der Waals surface area contributed by atoms with Gasteiger partial charge in [-0.2, -0.15) is 0 Å². The van der Waals surface area contributed by atoms with Crippen molar-refractivity contribution in [3.8, 4) is 0 Å². The van der Waals surface area contributed by atoms with Gasteiger partial charge in [-0.1, -0.05) is 0 Å². The van der Waals surface area contributed by atoms with E-state index in [-0.39, 0.29) is 6.16 Å². The van der Waals surface area contributed by atoms with Crippen molar-refractivity contribution < 1.29 is 19.1 Å². The summed E-state index contributed by atoms with van der Waals surface area (Å²) in [5.41, 5.74) is 5.17. The van der Waals surface area contributed by atoms with Crippen molar-refractivity contribution in [3.63, 3.8) is 0 Å². The minimum absolute atomic E-state index is 0.0603. The molecule has 0 aromatic heterocycles. The molecule has 0 heterocycles. The standard InChI is InChI=1S/C5H14NO4P/c6-3-1-2-4-11(8,9)10-5-7/h7H,1-6H2,(H,8,9). The van der Waals surface area contributed by atoms with Crippen LogP contribution in [-0.4, -0.2) is 29.5 Å². The second kappa shape index (κ2) is 5.69. The normalized spacial score (nSPS) is 16.3. The van der Waals surface area contributed by atoms with Gasteiger partial charge in [0.05, 0.1) is 6.16 Å². The van der Waals surface area contributed by atoms with E-state index in [1.807, 2.05) is 0 Å². The average Bonchev–Trinajstić information content (AvgIpc) is 1.87. The van der Waals surface area contributed by atoms with Gasteiger partial charge in [0.25, 0.3) is 0 Å². The molecule has 4 N–H and O–H groups in total. The maximum atomic E-state index is 10.8. The van der Waals surface area contributed by atoms with Crippen LogP contribution < -0.4 is 5.73 Å². The Morgan fingerprint density at radius 1 is 1.45 bits per heavy atom. The summed E-state index contributed by atoms with van der Waals surface area (Å²) in [7, 11) is -3.53. The molecule has 0 amide bonds. The van der Waals surface area contributed by atoms with E-state index < -0.39 is 14.4 Å². The first kappa shape index (κ1) is 11.1. The number of hydrogen-bond acceptors (Lipinski definition) is 4. The first-order valence-electron chi connectivity index (χ1n) is 3.39. The van der Waals surface area contributed by atoms with Crippen LogP contribution in [0.25, 0.3) is 0 Å². The van der Waals surface area contributed by atoms with E-state index in [4.69, 9.17) is 15.7 Å². The lowest BCUT2D eigenvalue weighted by molar-refractivity contribution is 0.0864. The van der Waals surface area contributed by atoms with Gasteiger partial charge in [-0.05, 0) is 19.4 Å². The number of rotatable bonds is 6. The van der Waals surface area contributed by atoms with Crippen LogP contribution in [0.4, 0.5) is 0 Å². The highest BCUT2D eigenvalue weighted by Crippen LogP contribution is 2.42. The van der Waals surface area contributed by atoms with Crippen LogP contribution >= 0.6 is 7.60 Å². The van der Waals surface area contributed by atoms with E-state index in [0.29, 0.717) is 19.4 Å². The highest BCUT2D eigenvalue weighted by atomic mass is 31.2. The fourth-order valence-electron chi connectivity index (χ4n) is 0.611. The first-order valence-corrected chi connectivity index (χ1v) is 5.16. The highest BCUT2D eigenvalue weighted by Gasteiger charge is 2.17. The Morgan fingerprint density at radius 2 is 2.09 bits per heavy atom. The Morgan fingerprint density at radius 3 is 2.55 bits per heavy atom. The molecule has 0 rings (SSSR count). The van der Waals surface area contributed by atoms with Crippen molar-refractivity contribution in [3.05, 3.63) is 0 Å². The van der Waals surface area contributed by atoms with Gasteiger partial charge in [0.15, 0.2) is 6.79 Å². The second-order valence-corrected chi connectivity index (χ2v) is 4.10. The second-order valence-electron chi connectivity index (χ2n) is 2.12. The molecular weight excluding hydrogens is 169 g/mol. The largest absolute Gasteiger partial charge is 0.370 e. The molecule has 0 spiro atoms. The third kappa shape index (κ3) is 6.47. The molecule has 11 heavy (non-hydrogen) atoms. The Kier molecular flexibility index (Phi) is 5.72. The van der Waals surface area contributed by atoms with E-state index in [1.54, 1.807) is 0 Å². The summed E-state index contributed by atoms with van der Waals surface area (Å²) in [6.07, 6.45) is 1.30. The fraction of sp³-hybridized carbons (Fsp3) is 1.00. The summed E-state index contributed by atoms with van der Waals surface area (Å²) in [6, 6.07) is 0. The van der Waals surface area contributed by atoms with Crippen LogP contribution in [0, 0.1) is 0 Å². The summed E-state index contributed by atoms with van der Waals surface area (Å²) >= 11 is 0. The quantitative estimate of drug-likeness (QED) is 0.303. The summed E-state index contributed by atoms with van der Waals surface area (Å²) < 4.78 is 15.0. The van der Waals surface area contributed by atoms with Crippen molar-refractivity contribution in [2.45, 2.75) is 12.8 Å². The third-order valence-electron chi connectivity index (χ3n) is 1.15. The van der Waals surface area contributed by atoms with Gasteiger partial charge in [-0.15, -0.1) is 0 Å². The molecule has 0 aromatic carbocycles. The van der Waals surface area contributed by atoms with Gasteiger partial charge in [-0.3, -0.25) is 9.09 Å². The number of nitrogens with two attached hydrogens (primary N) is 1. The monoisotopic (exact) mass is 183 g/mol. The number of aliphatic hydroxyl groups excluding tert-OH is 1. The minimum atomic E-state index is -3.53. The number of hydrogen-bond donors (Lipinski definition) is 3. The smallest absolute Gasteiger partial charge is 0.330 e. The zero-order chi connectivity index (χ0) is 8.74. The molecule has 1 atom stereocenters. The average molecular weight is 183 g/mol. The van der Waals surface area contributed by atoms with Crippen LogP contribution in [0.15, 0.2) is 0 Å². The van der Waals surface area contributed by atoms with Gasteiger partial charge in [-0.25, -0.2) is 0 Å². The molecule has 0 aliphatic carbocycles. The molecule has 0 radical (unpaired) electrons. The number of unbranched alkanes of at least 4 members (excludes halogenated alkanes) is 1. The van der Waals surface area contributed by atoms with E-state index >= 15 is 0 Å². The minimum Gasteiger partial charge on any atom is -0.370 e. The van der Waals surface area contributed by atoms with Gasteiger partial charge in [0, 0.05) is 0 Å². The Labute approximate surface area is 65.7 Å². The fourth-order valence-corrected chi connectivity index (χ4v) is 1.54. The van der Waals surface area contributed by atoms with Crippen molar-refractivity contribution >= 4 is 7.60 Å². The molecule has 0 aliphatic rings. The maximum absolute atomic E-state index is 10.8. The van der Waals surface area contributed by atoms with Crippen LogP contribution in [0.5, 0.6) is 0 Å². The maximum Gasteiger partial charge on any atom is 0.330 e. The van der Waals surface area contributed by atoms with Crippen LogP contribution in [0.3, 0.4) is 0 Å². The van der Waals surface area contributed by atoms with Gasteiger partial charge >= 0.3 is 7.60 Å². The van der Waals surface area contributed by atoms with Gasteiger partial charge in [0.2, 0.25) is 0 Å². The van der Waals surface area contributed by atoms with E-state index in [9.17, 15) is 4.57 Å². The first-order chi connectivity index (χ1) is 5.12. The molecule has 0 aromatic rings. The predicted octanol–water partition coefficient (Wildman–Crippen LogP) is -0.123. The number of aliphatic hydroxyl groups is 1. The van der Waals surface area contributed by atoms with Crippen LogP contribution in [0.1, 0.15) is 12.8 Å². The molecule has 68 valence electrons. The summed E-state index contributed by atoms with van der Waals surface area (Å²) in [5, 5.41) is 8.18. The molecule has 0 saturated heterocycles. The molecule has 0 saturated carbocycles. The lowest BCUT2D eigenvalue weighted by Gasteiger charge is -2.08. The predicted molar refractivity (Wildman–Crippen MR) is 41.2 cm³/mol. The van der Waals surface area contributed by atoms with E-state index in [0.717, 1.165) is 0 Å². The molecule has 0 aliphatic heterocycles. The molecule has 0 bridgehead atoms. The summed E-state index contributed by atoms with van der Waals surface area (Å²) in [4.78, 5) is 8.87. The van der Waals surface area contributed by atoms with Crippen molar-refractivity contribution in [1.29, 1.82) is 0 Å². The SMILES string of the molecule is NCCCCP(=O)(O)OCO. The molecule has 0 fully saturated rings. The van der Waals surface area contributed by atoms with Crippen LogP contribution in [-0.2, 0) is 9.09 Å². The molecule has 1 unspecified atom stereocenters. The molecule has 5 nitrogen and oxygen atoms in total. The van der Waals surface area contributed by atoms with E-state index in [1.165, 1.54) is 0 Å². The molecule has 6 heteroatoms. The third-order valence-corrected chi connectivity index (χ3v) is 2.55. The van der Waals surface area contributed by atoms with Gasteiger partial charge < -0.3 is 15.7 Å². The lowest BCUT2D eigenvalue weighted by Crippen LogP contribution is -2.01. The Bertz CT molecular complexity index is 140. The van der Waals surface area contributed by atoms with Crippen molar-refractivity contribution in [2.24, 2.45) is 5.73 Å². The highest BCUT2D eigenvalue weighted by molar-refractivity contribution is 7.52. The van der Waals surface area contributed by atoms with Crippen molar-refractivity contribution in [2.75, 3.05) is 19.5 Å². The Balaban J connectivity index is 3.47. The van der Waals surface area contributed by atoms with Crippen LogP contribution in [0.2, 0.25) is 0 Å². The van der Waals surface area contributed by atoms with E-state index in [2.05, 4.69) is 4.52 Å². The Hall–Kier alpha value is 0.0700. The lowest BCUT2D eigenvalue weighted by atomic mass is 10.3. The summed E-state index contributed by atoms with van der Waals surface area (Å²) in [5.74, 6) is 0. The zero-order valence-electron chi connectivity index (χ0n) is 6.27. The topological polar surface area (TPSA) is 92.8 Å².